The average Bonchev–Trinajstić information content (AvgIpc) is 2.71. The number of aryl methyl sites for hydroxylation is 1. The molecule has 0 aliphatic rings. The van der Waals surface area contributed by atoms with Crippen LogP contribution in [0.1, 0.15) is 21.5 Å². The smallest absolute Gasteiger partial charge is 0.267 e. The molecule has 1 aromatic carbocycles. The number of rotatable bonds is 7. The van der Waals surface area contributed by atoms with Gasteiger partial charge in [0, 0.05) is 26.2 Å². The van der Waals surface area contributed by atoms with Crippen molar-refractivity contribution < 1.29 is 27.8 Å². The maximum Gasteiger partial charge on any atom is 0.267 e. The second-order valence-electron chi connectivity index (χ2n) is 7.13. The molecular weight excluding hydrogens is 443 g/mol. The third kappa shape index (κ3) is 4.86. The molecule has 2 heterocycles. The van der Waals surface area contributed by atoms with Gasteiger partial charge in [-0.1, -0.05) is 6.07 Å². The highest BCUT2D eigenvalue weighted by Crippen LogP contribution is 2.27. The largest absolute Gasteiger partial charge is 0.505 e. The maximum absolute atomic E-state index is 13.6. The number of aliphatic hydroxyl groups is 1. The van der Waals surface area contributed by atoms with Gasteiger partial charge in [-0.15, -0.1) is 0 Å². The molecule has 10 nitrogen and oxygen atoms in total. The van der Waals surface area contributed by atoms with E-state index < -0.39 is 38.6 Å². The summed E-state index contributed by atoms with van der Waals surface area (Å²) >= 11 is 0. The Morgan fingerprint density at radius 1 is 1.28 bits per heavy atom. The third-order valence-corrected chi connectivity index (χ3v) is 5.24. The number of anilines is 1. The number of halogens is 1. The van der Waals surface area contributed by atoms with Crippen LogP contribution in [0.2, 0.25) is 0 Å². The molecule has 0 fully saturated rings. The molecule has 0 atom stereocenters. The van der Waals surface area contributed by atoms with Gasteiger partial charge in [0.15, 0.2) is 5.75 Å². The van der Waals surface area contributed by atoms with Gasteiger partial charge in [0.25, 0.3) is 11.5 Å². The van der Waals surface area contributed by atoms with Crippen molar-refractivity contribution in [1.82, 2.24) is 14.9 Å². The fourth-order valence-corrected chi connectivity index (χ4v) is 3.80. The lowest BCUT2D eigenvalue weighted by atomic mass is 10.0. The summed E-state index contributed by atoms with van der Waals surface area (Å²) in [5.74, 6) is -2.05. The topological polar surface area (TPSA) is 151 Å². The summed E-state index contributed by atoms with van der Waals surface area (Å²) in [5, 5.41) is 21.7. The zero-order chi connectivity index (χ0) is 23.6. The van der Waals surface area contributed by atoms with Crippen molar-refractivity contribution in [3.63, 3.8) is 0 Å². The van der Waals surface area contributed by atoms with Gasteiger partial charge in [-0.3, -0.25) is 19.3 Å². The van der Waals surface area contributed by atoms with E-state index >= 15 is 0 Å². The molecule has 12 heteroatoms. The van der Waals surface area contributed by atoms with Gasteiger partial charge < -0.3 is 20.1 Å². The third-order valence-electron chi connectivity index (χ3n) is 4.65. The molecule has 0 aliphatic carbocycles. The molecule has 0 radical (unpaired) electrons. The Balaban J connectivity index is 2.06. The molecule has 1 amide bonds. The quantitative estimate of drug-likeness (QED) is 0.397. The van der Waals surface area contributed by atoms with Crippen LogP contribution in [-0.2, 0) is 23.5 Å². The van der Waals surface area contributed by atoms with Crippen LogP contribution in [0.5, 0.6) is 5.75 Å². The summed E-state index contributed by atoms with van der Waals surface area (Å²) in [6.45, 7) is -0.422. The van der Waals surface area contributed by atoms with Gasteiger partial charge in [0.05, 0.1) is 24.1 Å². The van der Waals surface area contributed by atoms with Crippen LogP contribution in [0.3, 0.4) is 0 Å². The minimum Gasteiger partial charge on any atom is -0.505 e. The standard InChI is InChI=1S/C20H21FN4O6S/c1-25-15-8-11(7-12-3-4-13(21)9-14(12)24-32(2,30)31)10-23-17(15)18(27)16(20(25)29)19(28)22-5-6-26/h3-4,8-10,24,26-27H,5-7H2,1-2H3,(H,22,28). The number of carbonyl (C=O) groups is 1. The van der Waals surface area contributed by atoms with Gasteiger partial charge in [-0.05, 0) is 29.3 Å². The molecule has 170 valence electrons. The van der Waals surface area contributed by atoms with Crippen LogP contribution in [0.15, 0.2) is 35.3 Å². The number of aromatic nitrogens is 2. The van der Waals surface area contributed by atoms with E-state index in [4.69, 9.17) is 5.11 Å². The number of aliphatic hydroxyl groups excluding tert-OH is 1. The average molecular weight is 464 g/mol. The van der Waals surface area contributed by atoms with E-state index in [0.717, 1.165) is 16.9 Å². The number of aromatic hydroxyl groups is 1. The number of hydrogen-bond donors (Lipinski definition) is 4. The van der Waals surface area contributed by atoms with E-state index in [1.54, 1.807) is 6.07 Å². The highest BCUT2D eigenvalue weighted by molar-refractivity contribution is 7.92. The normalized spacial score (nSPS) is 11.5. The molecule has 3 rings (SSSR count). The summed E-state index contributed by atoms with van der Waals surface area (Å²) in [6.07, 6.45) is 2.50. The molecule has 0 spiro atoms. The number of hydrogen-bond acceptors (Lipinski definition) is 7. The molecule has 0 unspecified atom stereocenters. The monoisotopic (exact) mass is 464 g/mol. The Bertz CT molecular complexity index is 1370. The lowest BCUT2D eigenvalue weighted by Crippen LogP contribution is -2.34. The molecule has 32 heavy (non-hydrogen) atoms. The van der Waals surface area contributed by atoms with Crippen molar-refractivity contribution in [2.45, 2.75) is 6.42 Å². The van der Waals surface area contributed by atoms with E-state index in [1.165, 1.54) is 25.4 Å². The zero-order valence-corrected chi connectivity index (χ0v) is 18.0. The maximum atomic E-state index is 13.6. The molecule has 3 aromatic rings. The first kappa shape index (κ1) is 23.2. The van der Waals surface area contributed by atoms with Crippen LogP contribution in [0, 0.1) is 5.82 Å². The fraction of sp³-hybridized carbons (Fsp3) is 0.250. The van der Waals surface area contributed by atoms with E-state index in [0.29, 0.717) is 11.1 Å². The Kier molecular flexibility index (Phi) is 6.46. The Hall–Kier alpha value is -3.51. The second kappa shape index (κ2) is 8.93. The summed E-state index contributed by atoms with van der Waals surface area (Å²) in [5.41, 5.74) is 0.0829. The van der Waals surface area contributed by atoms with Crippen molar-refractivity contribution in [3.05, 3.63) is 63.3 Å². The minimum absolute atomic E-state index is 0.0126. The van der Waals surface area contributed by atoms with Crippen molar-refractivity contribution in [3.8, 4) is 5.75 Å². The number of fused-ring (bicyclic) bond motifs is 1. The van der Waals surface area contributed by atoms with E-state index in [-0.39, 0.29) is 36.3 Å². The number of sulfonamides is 1. The summed E-state index contributed by atoms with van der Waals surface area (Å²) in [4.78, 5) is 29.0. The lowest BCUT2D eigenvalue weighted by molar-refractivity contribution is 0.0940. The summed E-state index contributed by atoms with van der Waals surface area (Å²) in [7, 11) is -2.24. The molecule has 0 aliphatic heterocycles. The predicted octanol–water partition coefficient (Wildman–Crippen LogP) is 0.463. The number of carbonyl (C=O) groups excluding carboxylic acids is 1. The number of pyridine rings is 2. The Morgan fingerprint density at radius 3 is 2.66 bits per heavy atom. The number of nitrogens with zero attached hydrogens (tertiary/aromatic N) is 2. The molecule has 0 saturated carbocycles. The van der Waals surface area contributed by atoms with Gasteiger partial charge in [0.1, 0.15) is 16.9 Å². The van der Waals surface area contributed by atoms with Crippen LogP contribution in [0.4, 0.5) is 10.1 Å². The van der Waals surface area contributed by atoms with Gasteiger partial charge in [0.2, 0.25) is 10.0 Å². The molecular formula is C20H21FN4O6S. The van der Waals surface area contributed by atoms with Crippen LogP contribution < -0.4 is 15.6 Å². The molecule has 0 bridgehead atoms. The molecule has 0 saturated heterocycles. The molecule has 2 aromatic heterocycles. The first-order chi connectivity index (χ1) is 15.0. The van der Waals surface area contributed by atoms with Crippen molar-refractivity contribution in [2.75, 3.05) is 24.1 Å². The first-order valence-corrected chi connectivity index (χ1v) is 11.3. The van der Waals surface area contributed by atoms with Crippen molar-refractivity contribution >= 4 is 32.7 Å². The minimum atomic E-state index is -3.65. The highest BCUT2D eigenvalue weighted by atomic mass is 32.2. The second-order valence-corrected chi connectivity index (χ2v) is 8.88. The van der Waals surface area contributed by atoms with E-state index in [9.17, 15) is 27.5 Å². The summed E-state index contributed by atoms with van der Waals surface area (Å²) < 4.78 is 40.3. The number of nitrogens with one attached hydrogen (secondary N) is 2. The Morgan fingerprint density at radius 2 is 2.00 bits per heavy atom. The fourth-order valence-electron chi connectivity index (χ4n) is 3.21. The van der Waals surface area contributed by atoms with Crippen LogP contribution in [-0.4, -0.2) is 53.5 Å². The SMILES string of the molecule is Cn1c(=O)c(C(=O)NCCO)c(O)c2ncc(Cc3ccc(F)cc3NS(C)(=O)=O)cc21. The van der Waals surface area contributed by atoms with Gasteiger partial charge >= 0.3 is 0 Å². The first-order valence-electron chi connectivity index (χ1n) is 9.37. The number of benzene rings is 1. The summed E-state index contributed by atoms with van der Waals surface area (Å²) in [6, 6.07) is 5.24. The van der Waals surface area contributed by atoms with Crippen molar-refractivity contribution in [2.24, 2.45) is 7.05 Å². The van der Waals surface area contributed by atoms with Crippen LogP contribution >= 0.6 is 0 Å². The van der Waals surface area contributed by atoms with E-state index in [1.807, 2.05) is 0 Å². The highest BCUT2D eigenvalue weighted by Gasteiger charge is 2.22. The lowest BCUT2D eigenvalue weighted by Gasteiger charge is -2.14. The predicted molar refractivity (Wildman–Crippen MR) is 116 cm³/mol. The van der Waals surface area contributed by atoms with Crippen LogP contribution in [0.25, 0.3) is 11.0 Å². The Labute approximate surface area is 182 Å². The number of amides is 1. The van der Waals surface area contributed by atoms with Crippen molar-refractivity contribution in [1.29, 1.82) is 0 Å². The van der Waals surface area contributed by atoms with Gasteiger partial charge in [-0.2, -0.15) is 0 Å². The molecule has 4 N–H and O–H groups in total. The zero-order valence-electron chi connectivity index (χ0n) is 17.2. The van der Waals surface area contributed by atoms with Gasteiger partial charge in [-0.25, -0.2) is 12.8 Å². The van der Waals surface area contributed by atoms with E-state index in [2.05, 4.69) is 15.0 Å².